The molecule has 0 aromatic heterocycles. The molecule has 1 aliphatic rings. The average molecular weight is 300 g/mol. The maximum atomic E-state index is 5.35. The lowest BCUT2D eigenvalue weighted by atomic mass is 9.78. The Morgan fingerprint density at radius 2 is 2.00 bits per heavy atom. The molecule has 1 aliphatic carbocycles. The highest BCUT2D eigenvalue weighted by atomic mass is 16.5. The van der Waals surface area contributed by atoms with Crippen LogP contribution in [0.15, 0.2) is 0 Å². The van der Waals surface area contributed by atoms with Crippen LogP contribution in [0.4, 0.5) is 0 Å². The lowest BCUT2D eigenvalue weighted by Gasteiger charge is -2.40. The van der Waals surface area contributed by atoms with Crippen molar-refractivity contribution in [1.29, 1.82) is 0 Å². The van der Waals surface area contributed by atoms with E-state index in [1.807, 2.05) is 0 Å². The second-order valence-corrected chi connectivity index (χ2v) is 6.63. The van der Waals surface area contributed by atoms with Gasteiger partial charge in [0.15, 0.2) is 0 Å². The fraction of sp³-hybridized carbons (Fsp3) is 1.00. The SMILES string of the molecule is CCNC1CCC(C)CC1CN(CCOC)C(C)COC. The molecule has 1 saturated carbocycles. The Kier molecular flexibility index (Phi) is 9.49. The molecule has 0 heterocycles. The minimum absolute atomic E-state index is 0.449. The molecule has 1 fully saturated rings. The van der Waals surface area contributed by atoms with Gasteiger partial charge in [-0.1, -0.05) is 13.8 Å². The third-order valence-electron chi connectivity index (χ3n) is 4.79. The van der Waals surface area contributed by atoms with Crippen molar-refractivity contribution in [2.24, 2.45) is 11.8 Å². The van der Waals surface area contributed by atoms with Crippen molar-refractivity contribution in [3.8, 4) is 0 Å². The molecule has 0 aromatic rings. The van der Waals surface area contributed by atoms with Crippen molar-refractivity contribution in [2.45, 2.75) is 52.1 Å². The van der Waals surface area contributed by atoms with E-state index in [9.17, 15) is 0 Å². The van der Waals surface area contributed by atoms with Gasteiger partial charge < -0.3 is 14.8 Å². The maximum Gasteiger partial charge on any atom is 0.0615 e. The van der Waals surface area contributed by atoms with Crippen LogP contribution in [0.5, 0.6) is 0 Å². The van der Waals surface area contributed by atoms with Crippen LogP contribution in [0.3, 0.4) is 0 Å². The summed E-state index contributed by atoms with van der Waals surface area (Å²) < 4.78 is 10.6. The molecule has 0 bridgehead atoms. The molecule has 0 spiro atoms. The van der Waals surface area contributed by atoms with Gasteiger partial charge in [-0.25, -0.2) is 0 Å². The van der Waals surface area contributed by atoms with E-state index in [0.29, 0.717) is 12.1 Å². The summed E-state index contributed by atoms with van der Waals surface area (Å²) >= 11 is 0. The number of ether oxygens (including phenoxy) is 2. The number of methoxy groups -OCH3 is 2. The summed E-state index contributed by atoms with van der Waals surface area (Å²) in [4.78, 5) is 2.54. The molecule has 21 heavy (non-hydrogen) atoms. The predicted octanol–water partition coefficient (Wildman–Crippen LogP) is 2.38. The lowest BCUT2D eigenvalue weighted by Crippen LogP contribution is -2.49. The van der Waals surface area contributed by atoms with Crippen molar-refractivity contribution >= 4 is 0 Å². The molecule has 0 radical (unpaired) electrons. The van der Waals surface area contributed by atoms with Crippen LogP contribution in [0, 0.1) is 11.8 Å². The van der Waals surface area contributed by atoms with Crippen molar-refractivity contribution in [3.05, 3.63) is 0 Å². The van der Waals surface area contributed by atoms with Crippen molar-refractivity contribution in [3.63, 3.8) is 0 Å². The van der Waals surface area contributed by atoms with Crippen molar-refractivity contribution in [2.75, 3.05) is 47.1 Å². The van der Waals surface area contributed by atoms with Crippen LogP contribution in [0.2, 0.25) is 0 Å². The monoisotopic (exact) mass is 300 g/mol. The summed E-state index contributed by atoms with van der Waals surface area (Å²) in [5.74, 6) is 1.59. The van der Waals surface area contributed by atoms with E-state index in [2.05, 4.69) is 31.0 Å². The van der Waals surface area contributed by atoms with E-state index in [1.54, 1.807) is 14.2 Å². The highest BCUT2D eigenvalue weighted by Crippen LogP contribution is 2.30. The van der Waals surface area contributed by atoms with Crippen LogP contribution < -0.4 is 5.32 Å². The topological polar surface area (TPSA) is 33.7 Å². The fourth-order valence-electron chi connectivity index (χ4n) is 3.58. The third-order valence-corrected chi connectivity index (χ3v) is 4.79. The molecule has 0 aromatic carbocycles. The van der Waals surface area contributed by atoms with Crippen LogP contribution in [0.25, 0.3) is 0 Å². The minimum atomic E-state index is 0.449. The molecule has 4 nitrogen and oxygen atoms in total. The van der Waals surface area contributed by atoms with Crippen LogP contribution in [-0.4, -0.2) is 64.1 Å². The van der Waals surface area contributed by atoms with E-state index in [0.717, 1.165) is 44.7 Å². The van der Waals surface area contributed by atoms with Gasteiger partial charge in [0.1, 0.15) is 0 Å². The standard InChI is InChI=1S/C17H36N2O2/c1-6-18-17-8-7-14(2)11-16(17)12-19(9-10-20-4)15(3)13-21-5/h14-18H,6-13H2,1-5H3. The molecule has 4 unspecified atom stereocenters. The molecule has 4 heteroatoms. The van der Waals surface area contributed by atoms with Gasteiger partial charge in [-0.05, 0) is 44.6 Å². The largest absolute Gasteiger partial charge is 0.383 e. The molecule has 0 amide bonds. The minimum Gasteiger partial charge on any atom is -0.383 e. The average Bonchev–Trinajstić information content (AvgIpc) is 2.46. The quantitative estimate of drug-likeness (QED) is 0.672. The first-order valence-corrected chi connectivity index (χ1v) is 8.57. The van der Waals surface area contributed by atoms with E-state index in [4.69, 9.17) is 9.47 Å². The van der Waals surface area contributed by atoms with Gasteiger partial charge in [0, 0.05) is 39.4 Å². The zero-order chi connectivity index (χ0) is 15.7. The van der Waals surface area contributed by atoms with Crippen molar-refractivity contribution in [1.82, 2.24) is 10.2 Å². The Balaban J connectivity index is 2.63. The Bertz CT molecular complexity index is 263. The highest BCUT2D eigenvalue weighted by molar-refractivity contribution is 4.86. The first-order valence-electron chi connectivity index (χ1n) is 8.57. The summed E-state index contributed by atoms with van der Waals surface area (Å²) in [6.07, 6.45) is 4.01. The van der Waals surface area contributed by atoms with E-state index >= 15 is 0 Å². The first kappa shape index (κ1) is 18.9. The second kappa shape index (κ2) is 10.5. The molecule has 0 saturated heterocycles. The zero-order valence-corrected chi connectivity index (χ0v) is 14.7. The number of rotatable bonds is 10. The fourth-order valence-corrected chi connectivity index (χ4v) is 3.58. The highest BCUT2D eigenvalue weighted by Gasteiger charge is 2.30. The number of nitrogens with one attached hydrogen (secondary N) is 1. The summed E-state index contributed by atoms with van der Waals surface area (Å²) in [6.45, 7) is 11.7. The normalized spacial score (nSPS) is 28.0. The van der Waals surface area contributed by atoms with Gasteiger partial charge in [0.25, 0.3) is 0 Å². The smallest absolute Gasteiger partial charge is 0.0615 e. The van der Waals surface area contributed by atoms with Gasteiger partial charge in [0.05, 0.1) is 13.2 Å². The van der Waals surface area contributed by atoms with Gasteiger partial charge >= 0.3 is 0 Å². The first-order chi connectivity index (χ1) is 10.1. The molecule has 4 atom stereocenters. The van der Waals surface area contributed by atoms with E-state index < -0.39 is 0 Å². The van der Waals surface area contributed by atoms with Crippen molar-refractivity contribution < 1.29 is 9.47 Å². The molecule has 126 valence electrons. The molecule has 1 rings (SSSR count). The van der Waals surface area contributed by atoms with Crippen LogP contribution >= 0.6 is 0 Å². The maximum absolute atomic E-state index is 5.35. The summed E-state index contributed by atoms with van der Waals surface area (Å²) in [5, 5.41) is 3.70. The zero-order valence-electron chi connectivity index (χ0n) is 14.7. The second-order valence-electron chi connectivity index (χ2n) is 6.63. The Morgan fingerprint density at radius 1 is 1.24 bits per heavy atom. The molecule has 0 aliphatic heterocycles. The Hall–Kier alpha value is -0.160. The van der Waals surface area contributed by atoms with Gasteiger partial charge in [-0.3, -0.25) is 4.90 Å². The van der Waals surface area contributed by atoms with Gasteiger partial charge in [-0.15, -0.1) is 0 Å². The number of hydrogen-bond donors (Lipinski definition) is 1. The molecular formula is C17H36N2O2. The molecular weight excluding hydrogens is 264 g/mol. The van der Waals surface area contributed by atoms with Crippen LogP contribution in [0.1, 0.15) is 40.0 Å². The number of nitrogens with zero attached hydrogens (tertiary/aromatic N) is 1. The summed E-state index contributed by atoms with van der Waals surface area (Å²) in [7, 11) is 3.57. The summed E-state index contributed by atoms with van der Waals surface area (Å²) in [5.41, 5.74) is 0. The van der Waals surface area contributed by atoms with Gasteiger partial charge in [-0.2, -0.15) is 0 Å². The summed E-state index contributed by atoms with van der Waals surface area (Å²) in [6, 6.07) is 1.12. The predicted molar refractivity (Wildman–Crippen MR) is 88.8 cm³/mol. The van der Waals surface area contributed by atoms with E-state index in [1.165, 1.54) is 19.3 Å². The molecule has 1 N–H and O–H groups in total. The Morgan fingerprint density at radius 3 is 2.62 bits per heavy atom. The van der Waals surface area contributed by atoms with Gasteiger partial charge in [0.2, 0.25) is 0 Å². The lowest BCUT2D eigenvalue weighted by molar-refractivity contribution is 0.0504. The Labute approximate surface area is 131 Å². The van der Waals surface area contributed by atoms with Crippen LogP contribution in [-0.2, 0) is 9.47 Å². The van der Waals surface area contributed by atoms with E-state index in [-0.39, 0.29) is 0 Å². The third kappa shape index (κ3) is 6.64. The number of hydrogen-bond acceptors (Lipinski definition) is 4.